The van der Waals surface area contributed by atoms with Crippen molar-refractivity contribution in [3.63, 3.8) is 0 Å². The summed E-state index contributed by atoms with van der Waals surface area (Å²) in [7, 11) is 0. The lowest BCUT2D eigenvalue weighted by atomic mass is 10.0. The number of ether oxygens (including phenoxy) is 1. The summed E-state index contributed by atoms with van der Waals surface area (Å²) < 4.78 is 6.00. The third kappa shape index (κ3) is 2.90. The van der Waals surface area contributed by atoms with E-state index in [0.717, 1.165) is 17.1 Å². The van der Waals surface area contributed by atoms with Crippen molar-refractivity contribution in [2.24, 2.45) is 5.73 Å². The topological polar surface area (TPSA) is 59.1 Å². The third-order valence-electron chi connectivity index (χ3n) is 3.74. The van der Waals surface area contributed by atoms with Crippen LogP contribution in [0.2, 0.25) is 0 Å². The molecule has 0 aliphatic carbocycles. The highest BCUT2D eigenvalue weighted by molar-refractivity contribution is 7.99. The first-order valence-electron chi connectivity index (χ1n) is 6.94. The van der Waals surface area contributed by atoms with Crippen molar-refractivity contribution in [2.75, 3.05) is 12.4 Å². The average molecular weight is 298 g/mol. The van der Waals surface area contributed by atoms with Crippen molar-refractivity contribution in [1.82, 2.24) is 0 Å². The van der Waals surface area contributed by atoms with Gasteiger partial charge in [0.05, 0.1) is 6.61 Å². The van der Waals surface area contributed by atoms with Crippen molar-refractivity contribution < 1.29 is 4.74 Å². The van der Waals surface area contributed by atoms with E-state index in [4.69, 9.17) is 15.9 Å². The van der Waals surface area contributed by atoms with E-state index in [1.54, 1.807) is 0 Å². The molecule has 0 fully saturated rings. The molecule has 2 aromatic carbocycles. The molecular formula is C17H18N2OS. The van der Waals surface area contributed by atoms with Crippen LogP contribution in [0.3, 0.4) is 0 Å². The standard InChI is InChI=1S/C17H18N2OS/c1-11-6-7-12(17(18)19)8-15(11)20-9-13-10-21-16-5-3-2-4-14(13)16/h2-8,13H,9-10H2,1H3,(H3,18,19). The quantitative estimate of drug-likeness (QED) is 0.670. The summed E-state index contributed by atoms with van der Waals surface area (Å²) in [6.45, 7) is 2.67. The van der Waals surface area contributed by atoms with Gasteiger partial charge in [0.2, 0.25) is 0 Å². The molecule has 0 bridgehead atoms. The van der Waals surface area contributed by atoms with Crippen molar-refractivity contribution in [3.05, 3.63) is 59.2 Å². The van der Waals surface area contributed by atoms with Gasteiger partial charge in [-0.25, -0.2) is 0 Å². The van der Waals surface area contributed by atoms with Crippen LogP contribution in [0.4, 0.5) is 0 Å². The van der Waals surface area contributed by atoms with Crippen molar-refractivity contribution in [2.45, 2.75) is 17.7 Å². The summed E-state index contributed by atoms with van der Waals surface area (Å²) in [5, 5.41) is 7.52. The Morgan fingerprint density at radius 3 is 2.95 bits per heavy atom. The van der Waals surface area contributed by atoms with Crippen LogP contribution in [-0.4, -0.2) is 18.2 Å². The molecule has 1 aliphatic rings. The lowest BCUT2D eigenvalue weighted by Crippen LogP contribution is -2.13. The molecule has 2 aromatic rings. The highest BCUT2D eigenvalue weighted by Gasteiger charge is 2.23. The van der Waals surface area contributed by atoms with E-state index in [1.165, 1.54) is 10.5 Å². The van der Waals surface area contributed by atoms with E-state index in [9.17, 15) is 0 Å². The van der Waals surface area contributed by atoms with Gasteiger partial charge in [-0.05, 0) is 30.2 Å². The molecule has 0 aromatic heterocycles. The molecule has 4 heteroatoms. The molecule has 0 radical (unpaired) electrons. The normalized spacial score (nSPS) is 16.5. The number of nitrogens with two attached hydrogens (primary N) is 1. The fourth-order valence-corrected chi connectivity index (χ4v) is 3.71. The molecule has 3 nitrogen and oxygen atoms in total. The molecular weight excluding hydrogens is 280 g/mol. The van der Waals surface area contributed by atoms with Gasteiger partial charge in [-0.15, -0.1) is 11.8 Å². The number of thioether (sulfide) groups is 1. The number of hydrogen-bond acceptors (Lipinski definition) is 3. The number of amidine groups is 1. The molecule has 108 valence electrons. The van der Waals surface area contributed by atoms with Gasteiger partial charge >= 0.3 is 0 Å². The highest BCUT2D eigenvalue weighted by atomic mass is 32.2. The van der Waals surface area contributed by atoms with Gasteiger partial charge in [0.15, 0.2) is 0 Å². The predicted molar refractivity (Wildman–Crippen MR) is 87.6 cm³/mol. The summed E-state index contributed by atoms with van der Waals surface area (Å²) in [5.74, 6) is 2.37. The summed E-state index contributed by atoms with van der Waals surface area (Å²) in [4.78, 5) is 1.36. The number of hydrogen-bond donors (Lipinski definition) is 2. The van der Waals surface area contributed by atoms with Crippen LogP contribution in [-0.2, 0) is 0 Å². The van der Waals surface area contributed by atoms with Crippen molar-refractivity contribution in [3.8, 4) is 5.75 Å². The molecule has 1 atom stereocenters. The number of nitrogens with one attached hydrogen (secondary N) is 1. The number of nitrogen functional groups attached to an aromatic ring is 1. The molecule has 1 heterocycles. The Hall–Kier alpha value is -1.94. The van der Waals surface area contributed by atoms with Gasteiger partial charge < -0.3 is 10.5 Å². The minimum absolute atomic E-state index is 0.0709. The van der Waals surface area contributed by atoms with E-state index in [1.807, 2.05) is 36.9 Å². The third-order valence-corrected chi connectivity index (χ3v) is 4.99. The lowest BCUT2D eigenvalue weighted by molar-refractivity contribution is 0.296. The summed E-state index contributed by atoms with van der Waals surface area (Å²) in [5.41, 5.74) is 8.69. The molecule has 0 saturated heterocycles. The molecule has 0 amide bonds. The zero-order valence-electron chi connectivity index (χ0n) is 11.9. The smallest absolute Gasteiger partial charge is 0.122 e. The van der Waals surface area contributed by atoms with E-state index in [-0.39, 0.29) is 5.84 Å². The first-order chi connectivity index (χ1) is 10.1. The Balaban J connectivity index is 1.74. The second-order valence-electron chi connectivity index (χ2n) is 5.25. The van der Waals surface area contributed by atoms with E-state index >= 15 is 0 Å². The minimum Gasteiger partial charge on any atom is -0.493 e. The van der Waals surface area contributed by atoms with Gasteiger partial charge in [0.25, 0.3) is 0 Å². The van der Waals surface area contributed by atoms with Gasteiger partial charge in [-0.2, -0.15) is 0 Å². The zero-order valence-corrected chi connectivity index (χ0v) is 12.7. The number of aryl methyl sites for hydroxylation is 1. The van der Waals surface area contributed by atoms with Crippen LogP contribution in [0, 0.1) is 12.3 Å². The SMILES string of the molecule is Cc1ccc(C(=N)N)cc1OCC1CSc2ccccc21. The fraction of sp³-hybridized carbons (Fsp3) is 0.235. The van der Waals surface area contributed by atoms with Crippen molar-refractivity contribution in [1.29, 1.82) is 5.41 Å². The van der Waals surface area contributed by atoms with Gasteiger partial charge in [-0.1, -0.05) is 30.3 Å². The highest BCUT2D eigenvalue weighted by Crippen LogP contribution is 2.39. The largest absolute Gasteiger partial charge is 0.493 e. The Bertz CT molecular complexity index is 684. The molecule has 0 saturated carbocycles. The maximum absolute atomic E-state index is 7.52. The number of fused-ring (bicyclic) bond motifs is 1. The summed E-state index contributed by atoms with van der Waals surface area (Å²) in [6, 6.07) is 14.2. The lowest BCUT2D eigenvalue weighted by Gasteiger charge is -2.15. The molecule has 3 N–H and O–H groups in total. The zero-order chi connectivity index (χ0) is 14.8. The van der Waals surface area contributed by atoms with Gasteiger partial charge in [-0.3, -0.25) is 5.41 Å². The maximum Gasteiger partial charge on any atom is 0.122 e. The van der Waals surface area contributed by atoms with Crippen LogP contribution in [0.1, 0.15) is 22.6 Å². The van der Waals surface area contributed by atoms with E-state index < -0.39 is 0 Å². The monoisotopic (exact) mass is 298 g/mol. The Labute approximate surface area is 129 Å². The molecule has 3 rings (SSSR count). The summed E-state index contributed by atoms with van der Waals surface area (Å²) >= 11 is 1.89. The summed E-state index contributed by atoms with van der Waals surface area (Å²) in [6.07, 6.45) is 0. The Morgan fingerprint density at radius 2 is 2.14 bits per heavy atom. The average Bonchev–Trinajstić information content (AvgIpc) is 2.89. The molecule has 1 aliphatic heterocycles. The first kappa shape index (κ1) is 14.0. The Kier molecular flexibility index (Phi) is 3.88. The number of rotatable bonds is 4. The molecule has 21 heavy (non-hydrogen) atoms. The molecule has 1 unspecified atom stereocenters. The van der Waals surface area contributed by atoms with Crippen LogP contribution < -0.4 is 10.5 Å². The minimum atomic E-state index is 0.0709. The maximum atomic E-state index is 7.52. The fourth-order valence-electron chi connectivity index (χ4n) is 2.48. The first-order valence-corrected chi connectivity index (χ1v) is 7.93. The van der Waals surface area contributed by atoms with Gasteiger partial charge in [0, 0.05) is 22.1 Å². The van der Waals surface area contributed by atoms with E-state index in [0.29, 0.717) is 18.1 Å². The van der Waals surface area contributed by atoms with Gasteiger partial charge in [0.1, 0.15) is 11.6 Å². The van der Waals surface area contributed by atoms with Crippen molar-refractivity contribution >= 4 is 17.6 Å². The molecule has 0 spiro atoms. The number of benzene rings is 2. The second kappa shape index (κ2) is 5.82. The van der Waals surface area contributed by atoms with E-state index in [2.05, 4.69) is 24.3 Å². The van der Waals surface area contributed by atoms with Crippen LogP contribution in [0.5, 0.6) is 5.75 Å². The van der Waals surface area contributed by atoms with Crippen LogP contribution >= 0.6 is 11.8 Å². The Morgan fingerprint density at radius 1 is 1.33 bits per heavy atom. The van der Waals surface area contributed by atoms with Crippen LogP contribution in [0.15, 0.2) is 47.4 Å². The predicted octanol–water partition coefficient (Wildman–Crippen LogP) is 3.55. The van der Waals surface area contributed by atoms with Crippen LogP contribution in [0.25, 0.3) is 0 Å². The second-order valence-corrected chi connectivity index (χ2v) is 6.31.